The largest absolute Gasteiger partial charge is 0.389 e. The second-order valence-corrected chi connectivity index (χ2v) is 0.813. The van der Waals surface area contributed by atoms with Gasteiger partial charge >= 0.3 is 0 Å². The van der Waals surface area contributed by atoms with Crippen molar-refractivity contribution in [3.63, 3.8) is 0 Å². The molecule has 1 unspecified atom stereocenters. The summed E-state index contributed by atoms with van der Waals surface area (Å²) in [5.41, 5.74) is 4.88. The van der Waals surface area contributed by atoms with Crippen molar-refractivity contribution in [2.24, 2.45) is 5.73 Å². The van der Waals surface area contributed by atoms with Gasteiger partial charge in [-0.3, -0.25) is 0 Å². The van der Waals surface area contributed by atoms with E-state index in [-0.39, 0.29) is 0 Å². The second kappa shape index (κ2) is 2.18. The van der Waals surface area contributed by atoms with Crippen molar-refractivity contribution >= 4 is 0 Å². The summed E-state index contributed by atoms with van der Waals surface area (Å²) < 4.78 is 0. The molecule has 3 N–H and O–H groups in total. The van der Waals surface area contributed by atoms with E-state index < -0.39 is 6.04 Å². The monoisotopic (exact) mass is 73.1 g/mol. The molecule has 0 aromatic heterocycles. The molecule has 0 aliphatic rings. The van der Waals surface area contributed by atoms with E-state index in [1.165, 1.54) is 0 Å². The fraction of sp³-hybridized carbons (Fsp3) is 0.333. The SMILES string of the molecule is [CH2]C(N)[CH]O. The van der Waals surface area contributed by atoms with Crippen LogP contribution in [0.2, 0.25) is 0 Å². The van der Waals surface area contributed by atoms with Crippen LogP contribution < -0.4 is 5.73 Å². The molecule has 0 aromatic carbocycles. The van der Waals surface area contributed by atoms with Crippen molar-refractivity contribution < 1.29 is 5.11 Å². The molecule has 2 nitrogen and oxygen atoms in total. The Morgan fingerprint density at radius 3 is 2.20 bits per heavy atom. The van der Waals surface area contributed by atoms with Gasteiger partial charge in [0.25, 0.3) is 0 Å². The van der Waals surface area contributed by atoms with E-state index in [4.69, 9.17) is 10.8 Å². The number of hydrogen-bond donors (Lipinski definition) is 2. The summed E-state index contributed by atoms with van der Waals surface area (Å²) in [4.78, 5) is 0. The maximum atomic E-state index is 7.83. The highest BCUT2D eigenvalue weighted by molar-refractivity contribution is 4.69. The van der Waals surface area contributed by atoms with Crippen LogP contribution in [0.4, 0.5) is 0 Å². The maximum absolute atomic E-state index is 7.83. The van der Waals surface area contributed by atoms with Gasteiger partial charge in [0.2, 0.25) is 0 Å². The van der Waals surface area contributed by atoms with Crippen LogP contribution in [0.25, 0.3) is 0 Å². The Balaban J connectivity index is 2.54. The second-order valence-electron chi connectivity index (χ2n) is 0.813. The third-order valence-electron chi connectivity index (χ3n) is 0.191. The number of rotatable bonds is 1. The zero-order chi connectivity index (χ0) is 4.28. The van der Waals surface area contributed by atoms with Crippen LogP contribution in [-0.4, -0.2) is 11.1 Å². The molecule has 0 aliphatic carbocycles. The molecule has 1 atom stereocenters. The summed E-state index contributed by atoms with van der Waals surface area (Å²) in [6.07, 6.45) is 0. The third kappa shape index (κ3) is 3.92. The van der Waals surface area contributed by atoms with Gasteiger partial charge in [-0.15, -0.1) is 0 Å². The molecular weight excluding hydrogens is 66.0 g/mol. The summed E-state index contributed by atoms with van der Waals surface area (Å²) >= 11 is 0. The molecule has 5 heavy (non-hydrogen) atoms. The lowest BCUT2D eigenvalue weighted by atomic mass is 10.4. The Hall–Kier alpha value is -0.0800. The molecule has 0 amide bonds. The van der Waals surface area contributed by atoms with Crippen molar-refractivity contribution in [2.45, 2.75) is 6.04 Å². The van der Waals surface area contributed by atoms with Crippen molar-refractivity contribution in [2.75, 3.05) is 0 Å². The molecule has 0 spiro atoms. The van der Waals surface area contributed by atoms with Crippen molar-refractivity contribution in [1.82, 2.24) is 0 Å². The van der Waals surface area contributed by atoms with Gasteiger partial charge < -0.3 is 10.8 Å². The van der Waals surface area contributed by atoms with Crippen LogP contribution in [0, 0.1) is 13.5 Å². The number of aliphatic hydroxyl groups is 1. The lowest BCUT2D eigenvalue weighted by Gasteiger charge is -1.89. The lowest BCUT2D eigenvalue weighted by molar-refractivity contribution is 0.370. The predicted molar refractivity (Wildman–Crippen MR) is 19.6 cm³/mol. The Bertz CT molecular complexity index is 20.9. The molecule has 0 bridgehead atoms. The van der Waals surface area contributed by atoms with Crippen LogP contribution in [0.3, 0.4) is 0 Å². The topological polar surface area (TPSA) is 46.2 Å². The van der Waals surface area contributed by atoms with E-state index in [1.54, 1.807) is 0 Å². The third-order valence-corrected chi connectivity index (χ3v) is 0.191. The number of nitrogens with two attached hydrogens (primary N) is 1. The summed E-state index contributed by atoms with van der Waals surface area (Å²) in [6.45, 7) is 4.06. The molecule has 0 heterocycles. The Morgan fingerprint density at radius 2 is 2.20 bits per heavy atom. The fourth-order valence-corrected chi connectivity index (χ4v) is 0. The first kappa shape index (κ1) is 4.92. The fourth-order valence-electron chi connectivity index (χ4n) is 0. The van der Waals surface area contributed by atoms with Crippen molar-refractivity contribution in [3.8, 4) is 0 Å². The smallest absolute Gasteiger partial charge is 0.0964 e. The number of hydrogen-bond acceptors (Lipinski definition) is 2. The Morgan fingerprint density at radius 1 is 2.00 bits per heavy atom. The molecule has 0 aromatic rings. The molecule has 0 saturated carbocycles. The lowest BCUT2D eigenvalue weighted by Crippen LogP contribution is -2.14. The predicted octanol–water partition coefficient (Wildman–Crippen LogP) is -0.318. The molecule has 0 rings (SSSR count). The molecule has 30 valence electrons. The van der Waals surface area contributed by atoms with Gasteiger partial charge in [-0.2, -0.15) is 0 Å². The van der Waals surface area contributed by atoms with Gasteiger partial charge in [0.15, 0.2) is 0 Å². The van der Waals surface area contributed by atoms with Crippen LogP contribution in [0.5, 0.6) is 0 Å². The molecule has 2 radical (unpaired) electrons. The van der Waals surface area contributed by atoms with Crippen LogP contribution >= 0.6 is 0 Å². The van der Waals surface area contributed by atoms with Gasteiger partial charge in [-0.1, -0.05) is 0 Å². The van der Waals surface area contributed by atoms with Gasteiger partial charge in [-0.05, 0) is 6.92 Å². The standard InChI is InChI=1S/C3H7NO/c1-3(4)2-5/h2-3,5H,1,4H2. The normalized spacial score (nSPS) is 15.0. The van der Waals surface area contributed by atoms with Crippen molar-refractivity contribution in [1.29, 1.82) is 0 Å². The molecule has 0 fully saturated rings. The zero-order valence-corrected chi connectivity index (χ0v) is 2.89. The van der Waals surface area contributed by atoms with Crippen LogP contribution in [0.15, 0.2) is 0 Å². The van der Waals surface area contributed by atoms with E-state index >= 15 is 0 Å². The molecular formula is C3H7NO. The Kier molecular flexibility index (Phi) is 2.14. The first-order chi connectivity index (χ1) is 2.27. The molecule has 0 saturated heterocycles. The Labute approximate surface area is 31.6 Å². The minimum Gasteiger partial charge on any atom is -0.389 e. The molecule has 0 aliphatic heterocycles. The maximum Gasteiger partial charge on any atom is 0.0964 e. The molecule has 2 heteroatoms. The van der Waals surface area contributed by atoms with E-state index in [1.807, 2.05) is 0 Å². The minimum absolute atomic E-state index is 0.435. The van der Waals surface area contributed by atoms with E-state index in [2.05, 4.69) is 6.92 Å². The first-order valence-electron chi connectivity index (χ1n) is 1.33. The van der Waals surface area contributed by atoms with E-state index in [0.29, 0.717) is 0 Å². The summed E-state index contributed by atoms with van der Waals surface area (Å²) in [5, 5.41) is 7.83. The van der Waals surface area contributed by atoms with Crippen LogP contribution in [0.1, 0.15) is 0 Å². The van der Waals surface area contributed by atoms with Crippen molar-refractivity contribution in [3.05, 3.63) is 13.5 Å². The highest BCUT2D eigenvalue weighted by Gasteiger charge is 1.82. The quantitative estimate of drug-likeness (QED) is 0.447. The summed E-state index contributed by atoms with van der Waals surface area (Å²) in [7, 11) is 0. The first-order valence-corrected chi connectivity index (χ1v) is 1.33. The average Bonchev–Trinajstić information content (AvgIpc) is 1.38. The highest BCUT2D eigenvalue weighted by atomic mass is 16.3. The minimum atomic E-state index is -0.435. The van der Waals surface area contributed by atoms with Gasteiger partial charge in [0, 0.05) is 6.04 Å². The van der Waals surface area contributed by atoms with E-state index in [9.17, 15) is 0 Å². The highest BCUT2D eigenvalue weighted by Crippen LogP contribution is 1.69. The number of aliphatic hydroxyl groups excluding tert-OH is 1. The zero-order valence-electron chi connectivity index (χ0n) is 2.89. The van der Waals surface area contributed by atoms with Gasteiger partial charge in [0.1, 0.15) is 0 Å². The summed E-state index contributed by atoms with van der Waals surface area (Å²) in [6, 6.07) is -0.435. The van der Waals surface area contributed by atoms with Gasteiger partial charge in [0.05, 0.1) is 6.61 Å². The van der Waals surface area contributed by atoms with E-state index in [0.717, 1.165) is 6.61 Å². The summed E-state index contributed by atoms with van der Waals surface area (Å²) in [5.74, 6) is 0. The van der Waals surface area contributed by atoms with Gasteiger partial charge in [-0.25, -0.2) is 0 Å². The average molecular weight is 73.1 g/mol. The van der Waals surface area contributed by atoms with Crippen LogP contribution in [-0.2, 0) is 0 Å².